The summed E-state index contributed by atoms with van der Waals surface area (Å²) >= 11 is 0. The summed E-state index contributed by atoms with van der Waals surface area (Å²) in [5, 5.41) is 14.9. The van der Waals surface area contributed by atoms with Gasteiger partial charge in [0.05, 0.1) is 19.3 Å². The van der Waals surface area contributed by atoms with Gasteiger partial charge in [-0.1, -0.05) is 19.3 Å². The molecule has 1 unspecified atom stereocenters. The van der Waals surface area contributed by atoms with Gasteiger partial charge in [0.25, 0.3) is 0 Å². The van der Waals surface area contributed by atoms with Gasteiger partial charge < -0.3 is 20.5 Å². The normalized spacial score (nSPS) is 18.2. The quantitative estimate of drug-likeness (QED) is 0.543. The molecule has 112 valence electrons. The first-order valence-corrected chi connectivity index (χ1v) is 7.46. The molecule has 0 radical (unpaired) electrons. The summed E-state index contributed by atoms with van der Waals surface area (Å²) in [5.41, 5.74) is 0. The molecule has 1 atom stereocenters. The molecule has 0 heterocycles. The molecule has 5 heteroatoms. The molecule has 0 saturated heterocycles. The first-order valence-electron chi connectivity index (χ1n) is 7.46. The van der Waals surface area contributed by atoms with E-state index in [1.54, 1.807) is 0 Å². The molecule has 3 N–H and O–H groups in total. The fourth-order valence-corrected chi connectivity index (χ4v) is 2.33. The molecule has 0 bridgehead atoms. The van der Waals surface area contributed by atoms with E-state index < -0.39 is 0 Å². The summed E-state index contributed by atoms with van der Waals surface area (Å²) in [5.74, 6) is 0.100. The summed E-state index contributed by atoms with van der Waals surface area (Å²) < 4.78 is 5.16. The Labute approximate surface area is 116 Å². The molecule has 0 spiro atoms. The molecule has 1 saturated carbocycles. The van der Waals surface area contributed by atoms with E-state index in [2.05, 4.69) is 10.6 Å². The van der Waals surface area contributed by atoms with Crippen molar-refractivity contribution in [3.05, 3.63) is 0 Å². The molecule has 1 amide bonds. The van der Waals surface area contributed by atoms with E-state index in [4.69, 9.17) is 9.84 Å². The molecule has 1 rings (SSSR count). The van der Waals surface area contributed by atoms with E-state index in [1.165, 1.54) is 19.3 Å². The minimum absolute atomic E-state index is 0.0631. The van der Waals surface area contributed by atoms with Crippen LogP contribution < -0.4 is 10.6 Å². The van der Waals surface area contributed by atoms with Crippen molar-refractivity contribution in [2.75, 3.05) is 26.4 Å². The van der Waals surface area contributed by atoms with Crippen LogP contribution in [-0.4, -0.2) is 49.5 Å². The number of carbonyl (C=O) groups excluding carboxylic acids is 1. The average molecular weight is 272 g/mol. The van der Waals surface area contributed by atoms with Crippen LogP contribution in [0.25, 0.3) is 0 Å². The zero-order valence-corrected chi connectivity index (χ0v) is 12.0. The van der Waals surface area contributed by atoms with Gasteiger partial charge in [-0.05, 0) is 32.7 Å². The average Bonchev–Trinajstić information content (AvgIpc) is 2.43. The second kappa shape index (κ2) is 10.2. The molecule has 1 aliphatic carbocycles. The molecule has 1 aliphatic rings. The first kappa shape index (κ1) is 16.4. The molecule has 0 aromatic rings. The van der Waals surface area contributed by atoms with E-state index in [1.807, 2.05) is 6.92 Å². The first-order chi connectivity index (χ1) is 9.24. The minimum Gasteiger partial charge on any atom is -0.394 e. The Hall–Kier alpha value is -0.650. The maximum absolute atomic E-state index is 11.9. The lowest BCUT2D eigenvalue weighted by molar-refractivity contribution is -0.123. The highest BCUT2D eigenvalue weighted by atomic mass is 16.5. The molecule has 5 nitrogen and oxygen atoms in total. The predicted octanol–water partition coefficient (Wildman–Crippen LogP) is 0.812. The maximum atomic E-state index is 11.9. The second-order valence-electron chi connectivity index (χ2n) is 5.21. The second-order valence-corrected chi connectivity index (χ2v) is 5.21. The number of aliphatic hydroxyl groups excluding tert-OH is 1. The van der Waals surface area contributed by atoms with Crippen LogP contribution in [0, 0.1) is 0 Å². The van der Waals surface area contributed by atoms with Gasteiger partial charge in [-0.3, -0.25) is 4.79 Å². The third-order valence-electron chi connectivity index (χ3n) is 3.50. The van der Waals surface area contributed by atoms with Crippen LogP contribution in [0.3, 0.4) is 0 Å². The summed E-state index contributed by atoms with van der Waals surface area (Å²) in [4.78, 5) is 11.9. The summed E-state index contributed by atoms with van der Waals surface area (Å²) in [6, 6.07) is 0.221. The van der Waals surface area contributed by atoms with Gasteiger partial charge in [0.1, 0.15) is 0 Å². The Bertz CT molecular complexity index is 243. The Morgan fingerprint density at radius 1 is 1.32 bits per heavy atom. The smallest absolute Gasteiger partial charge is 0.237 e. The number of carbonyl (C=O) groups is 1. The SMILES string of the molecule is CC(NCCCOCCO)C(=O)NC1CCCCC1. The van der Waals surface area contributed by atoms with Crippen molar-refractivity contribution in [3.63, 3.8) is 0 Å². The van der Waals surface area contributed by atoms with Crippen LogP contribution in [-0.2, 0) is 9.53 Å². The van der Waals surface area contributed by atoms with Gasteiger partial charge in [-0.25, -0.2) is 0 Å². The maximum Gasteiger partial charge on any atom is 0.237 e. The topological polar surface area (TPSA) is 70.6 Å². The van der Waals surface area contributed by atoms with Crippen LogP contribution in [0.5, 0.6) is 0 Å². The van der Waals surface area contributed by atoms with E-state index >= 15 is 0 Å². The van der Waals surface area contributed by atoms with Gasteiger partial charge in [0.2, 0.25) is 5.91 Å². The zero-order chi connectivity index (χ0) is 13.9. The number of nitrogens with one attached hydrogen (secondary N) is 2. The molecule has 0 aliphatic heterocycles. The van der Waals surface area contributed by atoms with Gasteiger partial charge in [0, 0.05) is 12.6 Å². The number of amides is 1. The van der Waals surface area contributed by atoms with Crippen molar-refractivity contribution in [3.8, 4) is 0 Å². The number of hydrogen-bond acceptors (Lipinski definition) is 4. The highest BCUT2D eigenvalue weighted by molar-refractivity contribution is 5.81. The van der Waals surface area contributed by atoms with Gasteiger partial charge in [-0.15, -0.1) is 0 Å². The van der Waals surface area contributed by atoms with E-state index in [-0.39, 0.29) is 18.6 Å². The number of ether oxygens (including phenoxy) is 1. The number of hydrogen-bond donors (Lipinski definition) is 3. The van der Waals surface area contributed by atoms with Crippen molar-refractivity contribution >= 4 is 5.91 Å². The van der Waals surface area contributed by atoms with Crippen LogP contribution >= 0.6 is 0 Å². The van der Waals surface area contributed by atoms with Gasteiger partial charge in [0.15, 0.2) is 0 Å². The Kier molecular flexibility index (Phi) is 8.79. The van der Waals surface area contributed by atoms with Crippen LogP contribution in [0.15, 0.2) is 0 Å². The molecule has 0 aromatic heterocycles. The monoisotopic (exact) mass is 272 g/mol. The largest absolute Gasteiger partial charge is 0.394 e. The van der Waals surface area contributed by atoms with E-state index in [9.17, 15) is 4.79 Å². The Morgan fingerprint density at radius 3 is 2.74 bits per heavy atom. The molecule has 19 heavy (non-hydrogen) atoms. The highest BCUT2D eigenvalue weighted by Gasteiger charge is 2.18. The summed E-state index contributed by atoms with van der Waals surface area (Å²) in [7, 11) is 0. The van der Waals surface area contributed by atoms with Crippen molar-refractivity contribution in [1.29, 1.82) is 0 Å². The lowest BCUT2D eigenvalue weighted by Gasteiger charge is -2.24. The fourth-order valence-electron chi connectivity index (χ4n) is 2.33. The molecular weight excluding hydrogens is 244 g/mol. The number of aliphatic hydroxyl groups is 1. The van der Waals surface area contributed by atoms with Crippen molar-refractivity contribution in [2.45, 2.75) is 57.5 Å². The molecular formula is C14H28N2O3. The lowest BCUT2D eigenvalue weighted by atomic mass is 9.95. The van der Waals surface area contributed by atoms with Gasteiger partial charge >= 0.3 is 0 Å². The predicted molar refractivity (Wildman–Crippen MR) is 75.0 cm³/mol. The Balaban J connectivity index is 2.04. The zero-order valence-electron chi connectivity index (χ0n) is 12.0. The summed E-state index contributed by atoms with van der Waals surface area (Å²) in [6.07, 6.45) is 6.85. The van der Waals surface area contributed by atoms with E-state index in [0.717, 1.165) is 25.8 Å². The van der Waals surface area contributed by atoms with Crippen molar-refractivity contribution < 1.29 is 14.6 Å². The van der Waals surface area contributed by atoms with Gasteiger partial charge in [-0.2, -0.15) is 0 Å². The fraction of sp³-hybridized carbons (Fsp3) is 0.929. The Morgan fingerprint density at radius 2 is 2.05 bits per heavy atom. The van der Waals surface area contributed by atoms with Crippen LogP contribution in [0.4, 0.5) is 0 Å². The summed E-state index contributed by atoms with van der Waals surface area (Å²) in [6.45, 7) is 3.72. The van der Waals surface area contributed by atoms with Crippen molar-refractivity contribution in [2.24, 2.45) is 0 Å². The van der Waals surface area contributed by atoms with Crippen molar-refractivity contribution in [1.82, 2.24) is 10.6 Å². The third-order valence-corrected chi connectivity index (χ3v) is 3.50. The number of rotatable bonds is 9. The minimum atomic E-state index is -0.153. The van der Waals surface area contributed by atoms with Crippen LogP contribution in [0.1, 0.15) is 45.4 Å². The van der Waals surface area contributed by atoms with Crippen LogP contribution in [0.2, 0.25) is 0 Å². The van der Waals surface area contributed by atoms with E-state index in [0.29, 0.717) is 19.3 Å². The molecule has 1 fully saturated rings. The standard InChI is InChI=1S/C14H28N2O3/c1-12(15-8-5-10-19-11-9-17)14(18)16-13-6-3-2-4-7-13/h12-13,15,17H,2-11H2,1H3,(H,16,18). The molecule has 0 aromatic carbocycles. The highest BCUT2D eigenvalue weighted by Crippen LogP contribution is 2.17. The lowest BCUT2D eigenvalue weighted by Crippen LogP contribution is -2.47. The third kappa shape index (κ3) is 7.50.